The van der Waals surface area contributed by atoms with Crippen LogP contribution >= 0.6 is 11.3 Å². The molecule has 0 saturated carbocycles. The first-order chi connectivity index (χ1) is 12.7. The number of nitrogens with zero attached hydrogens (tertiary/aromatic N) is 5. The monoisotopic (exact) mass is 368 g/mol. The van der Waals surface area contributed by atoms with Gasteiger partial charge in [0.25, 0.3) is 5.56 Å². The highest BCUT2D eigenvalue weighted by atomic mass is 32.1. The molecule has 0 saturated heterocycles. The van der Waals surface area contributed by atoms with Crippen LogP contribution in [0.5, 0.6) is 0 Å². The second-order valence-corrected chi connectivity index (χ2v) is 7.28. The Morgan fingerprint density at radius 1 is 1.23 bits per heavy atom. The highest BCUT2D eigenvalue weighted by Crippen LogP contribution is 2.34. The molecule has 4 aromatic rings. The van der Waals surface area contributed by atoms with E-state index < -0.39 is 0 Å². The first-order valence-corrected chi connectivity index (χ1v) is 9.06. The molecule has 0 spiro atoms. The summed E-state index contributed by atoms with van der Waals surface area (Å²) in [6.45, 7) is 0.210. The Kier molecular flexibility index (Phi) is 3.42. The maximum Gasteiger partial charge on any atom is 0.259 e. The van der Waals surface area contributed by atoms with Gasteiger partial charge in [-0.15, -0.1) is 21.5 Å². The SMILES string of the molecule is O=c1[nH]c(Cn2nnc(-c3ccc(F)cc3)n2)nc2sc3c(c12)CCC3. The minimum absolute atomic E-state index is 0.108. The van der Waals surface area contributed by atoms with Gasteiger partial charge in [0.15, 0.2) is 0 Å². The van der Waals surface area contributed by atoms with Crippen LogP contribution in [-0.4, -0.2) is 30.2 Å². The van der Waals surface area contributed by atoms with Crippen LogP contribution in [0.3, 0.4) is 0 Å². The number of aryl methyl sites for hydroxylation is 2. The van der Waals surface area contributed by atoms with Crippen LogP contribution in [0.1, 0.15) is 22.7 Å². The first kappa shape index (κ1) is 15.3. The zero-order valence-corrected chi connectivity index (χ0v) is 14.4. The quantitative estimate of drug-likeness (QED) is 0.599. The molecule has 5 rings (SSSR count). The normalized spacial score (nSPS) is 13.4. The lowest BCUT2D eigenvalue weighted by molar-refractivity contribution is 0.555. The number of hydrogen-bond acceptors (Lipinski definition) is 6. The summed E-state index contributed by atoms with van der Waals surface area (Å²) in [4.78, 5) is 23.3. The number of benzene rings is 1. The van der Waals surface area contributed by atoms with Gasteiger partial charge < -0.3 is 4.98 Å². The Labute approximate surface area is 150 Å². The maximum atomic E-state index is 13.0. The number of thiophene rings is 1. The van der Waals surface area contributed by atoms with Crippen LogP contribution in [0.15, 0.2) is 29.1 Å². The number of tetrazole rings is 1. The summed E-state index contributed by atoms with van der Waals surface area (Å²) < 4.78 is 13.0. The third kappa shape index (κ3) is 2.51. The molecule has 0 radical (unpaired) electrons. The van der Waals surface area contributed by atoms with Crippen LogP contribution in [0, 0.1) is 5.82 Å². The van der Waals surface area contributed by atoms with Crippen molar-refractivity contribution in [2.24, 2.45) is 0 Å². The van der Waals surface area contributed by atoms with Crippen molar-refractivity contribution < 1.29 is 4.39 Å². The van der Waals surface area contributed by atoms with Crippen molar-refractivity contribution in [2.45, 2.75) is 25.8 Å². The summed E-state index contributed by atoms with van der Waals surface area (Å²) in [6.07, 6.45) is 3.08. The van der Waals surface area contributed by atoms with Crippen molar-refractivity contribution in [1.82, 2.24) is 30.2 Å². The molecule has 7 nitrogen and oxygen atoms in total. The molecule has 0 aliphatic heterocycles. The molecule has 0 bridgehead atoms. The Bertz CT molecular complexity index is 1180. The van der Waals surface area contributed by atoms with Crippen LogP contribution in [-0.2, 0) is 19.4 Å². The van der Waals surface area contributed by atoms with Crippen molar-refractivity contribution >= 4 is 21.6 Å². The molecule has 0 unspecified atom stereocenters. The first-order valence-electron chi connectivity index (χ1n) is 8.24. The van der Waals surface area contributed by atoms with E-state index in [1.807, 2.05) is 0 Å². The van der Waals surface area contributed by atoms with E-state index >= 15 is 0 Å². The molecule has 3 aromatic heterocycles. The summed E-state index contributed by atoms with van der Waals surface area (Å²) in [5, 5.41) is 13.0. The minimum Gasteiger partial charge on any atom is -0.308 e. The Morgan fingerprint density at radius 3 is 2.92 bits per heavy atom. The van der Waals surface area contributed by atoms with E-state index in [1.165, 1.54) is 21.8 Å². The number of H-pyrrole nitrogens is 1. The van der Waals surface area contributed by atoms with Crippen LogP contribution in [0.4, 0.5) is 4.39 Å². The van der Waals surface area contributed by atoms with E-state index in [4.69, 9.17) is 0 Å². The van der Waals surface area contributed by atoms with Crippen LogP contribution in [0.25, 0.3) is 21.6 Å². The predicted molar refractivity (Wildman–Crippen MR) is 94.6 cm³/mol. The molecule has 1 aromatic carbocycles. The summed E-state index contributed by atoms with van der Waals surface area (Å²) in [6, 6.07) is 5.88. The summed E-state index contributed by atoms with van der Waals surface area (Å²) in [5.74, 6) is 0.563. The summed E-state index contributed by atoms with van der Waals surface area (Å²) >= 11 is 1.60. The lowest BCUT2D eigenvalue weighted by Gasteiger charge is -2.00. The standard InChI is InChI=1S/C17H13FN6OS/c18-10-6-4-9(5-7-10)15-21-23-24(22-15)8-13-19-16(25)14-11-2-1-3-12(11)26-17(14)20-13/h4-7H,1-3,8H2,(H,19,20,25). The fourth-order valence-electron chi connectivity index (χ4n) is 3.28. The highest BCUT2D eigenvalue weighted by Gasteiger charge is 2.21. The van der Waals surface area contributed by atoms with E-state index in [0.29, 0.717) is 17.2 Å². The zero-order chi connectivity index (χ0) is 17.7. The molecule has 1 aliphatic rings. The zero-order valence-electron chi connectivity index (χ0n) is 13.6. The molecule has 3 heterocycles. The number of rotatable bonds is 3. The van der Waals surface area contributed by atoms with Gasteiger partial charge in [-0.1, -0.05) is 0 Å². The van der Waals surface area contributed by atoms with Gasteiger partial charge in [0.2, 0.25) is 5.82 Å². The van der Waals surface area contributed by atoms with E-state index in [0.717, 1.165) is 35.0 Å². The third-order valence-electron chi connectivity index (χ3n) is 4.47. The van der Waals surface area contributed by atoms with Gasteiger partial charge in [-0.05, 0) is 54.3 Å². The average molecular weight is 368 g/mol. The van der Waals surface area contributed by atoms with Crippen molar-refractivity contribution in [3.05, 3.63) is 56.7 Å². The maximum absolute atomic E-state index is 13.0. The van der Waals surface area contributed by atoms with Gasteiger partial charge >= 0.3 is 0 Å². The van der Waals surface area contributed by atoms with Gasteiger partial charge in [0.05, 0.1) is 5.39 Å². The predicted octanol–water partition coefficient (Wildman–Crippen LogP) is 2.31. The minimum atomic E-state index is -0.320. The lowest BCUT2D eigenvalue weighted by atomic mass is 10.2. The molecule has 0 atom stereocenters. The van der Waals surface area contributed by atoms with Gasteiger partial charge in [0.1, 0.15) is 23.0 Å². The van der Waals surface area contributed by atoms with Gasteiger partial charge in [0, 0.05) is 10.4 Å². The lowest BCUT2D eigenvalue weighted by Crippen LogP contribution is -2.15. The second kappa shape index (κ2) is 5.80. The summed E-state index contributed by atoms with van der Waals surface area (Å²) in [7, 11) is 0. The van der Waals surface area contributed by atoms with Crippen molar-refractivity contribution in [1.29, 1.82) is 0 Å². The fraction of sp³-hybridized carbons (Fsp3) is 0.235. The molecule has 26 heavy (non-hydrogen) atoms. The molecule has 1 N–H and O–H groups in total. The van der Waals surface area contributed by atoms with Crippen LogP contribution < -0.4 is 5.56 Å². The third-order valence-corrected chi connectivity index (χ3v) is 5.66. The molecular weight excluding hydrogens is 355 g/mol. The highest BCUT2D eigenvalue weighted by molar-refractivity contribution is 7.18. The number of nitrogens with one attached hydrogen (secondary N) is 1. The van der Waals surface area contributed by atoms with Crippen molar-refractivity contribution in [3.63, 3.8) is 0 Å². The molecule has 1 aliphatic carbocycles. The molecular formula is C17H13FN6OS. The van der Waals surface area contributed by atoms with Crippen molar-refractivity contribution in [3.8, 4) is 11.4 Å². The smallest absolute Gasteiger partial charge is 0.259 e. The van der Waals surface area contributed by atoms with Gasteiger partial charge in [-0.25, -0.2) is 9.37 Å². The van der Waals surface area contributed by atoms with Crippen LogP contribution in [0.2, 0.25) is 0 Å². The topological polar surface area (TPSA) is 89.4 Å². The van der Waals surface area contributed by atoms with E-state index in [1.54, 1.807) is 23.5 Å². The molecule has 0 amide bonds. The van der Waals surface area contributed by atoms with Crippen molar-refractivity contribution in [2.75, 3.05) is 0 Å². The molecule has 0 fully saturated rings. The number of hydrogen-bond donors (Lipinski definition) is 1. The fourth-order valence-corrected chi connectivity index (χ4v) is 4.56. The number of fused-ring (bicyclic) bond motifs is 3. The largest absolute Gasteiger partial charge is 0.308 e. The Hall–Kier alpha value is -2.94. The van der Waals surface area contributed by atoms with E-state index in [9.17, 15) is 9.18 Å². The number of aromatic nitrogens is 6. The second-order valence-electron chi connectivity index (χ2n) is 6.20. The summed E-state index contributed by atoms with van der Waals surface area (Å²) in [5.41, 5.74) is 1.72. The van der Waals surface area contributed by atoms with E-state index in [-0.39, 0.29) is 17.9 Å². The molecule has 130 valence electrons. The Balaban J connectivity index is 1.46. The Morgan fingerprint density at radius 2 is 2.08 bits per heavy atom. The molecule has 9 heteroatoms. The average Bonchev–Trinajstić information content (AvgIpc) is 3.31. The van der Waals surface area contributed by atoms with E-state index in [2.05, 4.69) is 25.4 Å². The number of halogens is 1. The van der Waals surface area contributed by atoms with Gasteiger partial charge in [-0.3, -0.25) is 4.79 Å². The number of aromatic amines is 1. The van der Waals surface area contributed by atoms with Gasteiger partial charge in [-0.2, -0.15) is 4.80 Å².